The van der Waals surface area contributed by atoms with Crippen molar-refractivity contribution in [3.05, 3.63) is 0 Å². The van der Waals surface area contributed by atoms with Crippen LogP contribution in [0.4, 0.5) is 0 Å². The van der Waals surface area contributed by atoms with Gasteiger partial charge in [0.1, 0.15) is 0 Å². The zero-order valence-corrected chi connectivity index (χ0v) is 11.7. The summed E-state index contributed by atoms with van der Waals surface area (Å²) in [6.07, 6.45) is 0.914. The number of likely N-dealkylation sites (N-methyl/N-ethyl adjacent to an activating group) is 2. The highest BCUT2D eigenvalue weighted by Gasteiger charge is 2.28. The van der Waals surface area contributed by atoms with Gasteiger partial charge in [0.15, 0.2) is 0 Å². The van der Waals surface area contributed by atoms with E-state index in [1.807, 2.05) is 13.8 Å². The predicted molar refractivity (Wildman–Crippen MR) is 71.1 cm³/mol. The Morgan fingerprint density at radius 1 is 1.33 bits per heavy atom. The fraction of sp³-hybridized carbons (Fsp3) is 0.846. The Kier molecular flexibility index (Phi) is 6.12. The van der Waals surface area contributed by atoms with Crippen molar-refractivity contribution in [3.8, 4) is 0 Å². The van der Waals surface area contributed by atoms with E-state index in [0.717, 1.165) is 19.5 Å². The van der Waals surface area contributed by atoms with Gasteiger partial charge < -0.3 is 15.5 Å². The van der Waals surface area contributed by atoms with Gasteiger partial charge in [0.05, 0.1) is 12.5 Å². The summed E-state index contributed by atoms with van der Waals surface area (Å²) in [5.41, 5.74) is 0. The number of amides is 2. The second-order valence-electron chi connectivity index (χ2n) is 5.00. The lowest BCUT2D eigenvalue weighted by Crippen LogP contribution is -2.48. The molecule has 0 spiro atoms. The summed E-state index contributed by atoms with van der Waals surface area (Å²) in [4.78, 5) is 25.5. The number of carbonyl (C=O) groups excluding carboxylic acids is 2. The van der Waals surface area contributed by atoms with Crippen LogP contribution in [-0.4, -0.2) is 49.4 Å². The third-order valence-corrected chi connectivity index (χ3v) is 3.32. The SMILES string of the molecule is CCNC(=O)CN(CC)C(=O)C1CNCC(C)C1. The lowest BCUT2D eigenvalue weighted by molar-refractivity contribution is -0.140. The smallest absolute Gasteiger partial charge is 0.239 e. The third-order valence-electron chi connectivity index (χ3n) is 3.32. The molecule has 0 aromatic carbocycles. The van der Waals surface area contributed by atoms with E-state index in [1.54, 1.807) is 4.90 Å². The molecule has 2 amide bonds. The molecular weight excluding hydrogens is 230 g/mol. The van der Waals surface area contributed by atoms with Crippen LogP contribution in [0.5, 0.6) is 0 Å². The predicted octanol–water partition coefficient (Wildman–Crippen LogP) is 0.217. The summed E-state index contributed by atoms with van der Waals surface area (Å²) >= 11 is 0. The van der Waals surface area contributed by atoms with Gasteiger partial charge in [0.2, 0.25) is 11.8 Å². The molecular formula is C13H25N3O2. The van der Waals surface area contributed by atoms with E-state index in [2.05, 4.69) is 17.6 Å². The number of piperidine rings is 1. The number of nitrogens with one attached hydrogen (secondary N) is 2. The molecule has 0 bridgehead atoms. The van der Waals surface area contributed by atoms with Crippen LogP contribution >= 0.6 is 0 Å². The minimum atomic E-state index is -0.0792. The Hall–Kier alpha value is -1.10. The summed E-state index contributed by atoms with van der Waals surface area (Å²) in [6, 6.07) is 0. The van der Waals surface area contributed by atoms with Crippen LogP contribution in [0.15, 0.2) is 0 Å². The first-order valence-electron chi connectivity index (χ1n) is 6.84. The maximum Gasteiger partial charge on any atom is 0.239 e. The molecule has 104 valence electrons. The van der Waals surface area contributed by atoms with Crippen LogP contribution in [0.3, 0.4) is 0 Å². The first kappa shape index (κ1) is 15.0. The monoisotopic (exact) mass is 255 g/mol. The van der Waals surface area contributed by atoms with Crippen LogP contribution < -0.4 is 10.6 Å². The summed E-state index contributed by atoms with van der Waals surface area (Å²) in [6.45, 7) is 9.01. The van der Waals surface area contributed by atoms with Crippen LogP contribution in [-0.2, 0) is 9.59 Å². The molecule has 0 saturated carbocycles. The Morgan fingerprint density at radius 2 is 2.06 bits per heavy atom. The molecule has 0 aromatic heterocycles. The van der Waals surface area contributed by atoms with Gasteiger partial charge in [-0.3, -0.25) is 9.59 Å². The van der Waals surface area contributed by atoms with Crippen molar-refractivity contribution in [1.29, 1.82) is 0 Å². The normalized spacial score (nSPS) is 23.5. The van der Waals surface area contributed by atoms with Crippen molar-refractivity contribution in [2.45, 2.75) is 27.2 Å². The van der Waals surface area contributed by atoms with Crippen molar-refractivity contribution in [1.82, 2.24) is 15.5 Å². The highest BCUT2D eigenvalue weighted by Crippen LogP contribution is 2.18. The van der Waals surface area contributed by atoms with E-state index in [9.17, 15) is 9.59 Å². The number of carbonyl (C=O) groups is 2. The van der Waals surface area contributed by atoms with Gasteiger partial charge in [-0.2, -0.15) is 0 Å². The summed E-state index contributed by atoms with van der Waals surface area (Å²) in [7, 11) is 0. The maximum absolute atomic E-state index is 12.3. The third kappa shape index (κ3) is 4.29. The van der Waals surface area contributed by atoms with Crippen molar-refractivity contribution in [2.75, 3.05) is 32.7 Å². The summed E-state index contributed by atoms with van der Waals surface area (Å²) < 4.78 is 0. The summed E-state index contributed by atoms with van der Waals surface area (Å²) in [5.74, 6) is 0.561. The van der Waals surface area contributed by atoms with Crippen molar-refractivity contribution >= 4 is 11.8 Å². The molecule has 0 radical (unpaired) electrons. The topological polar surface area (TPSA) is 61.4 Å². The van der Waals surface area contributed by atoms with Crippen LogP contribution in [0.25, 0.3) is 0 Å². The van der Waals surface area contributed by atoms with Crippen molar-refractivity contribution < 1.29 is 9.59 Å². The lowest BCUT2D eigenvalue weighted by atomic mass is 9.91. The molecule has 1 saturated heterocycles. The standard InChI is InChI=1S/C13H25N3O2/c1-4-15-12(17)9-16(5-2)13(18)11-6-10(3)7-14-8-11/h10-11,14H,4-9H2,1-3H3,(H,15,17). The molecule has 1 aliphatic heterocycles. The van der Waals surface area contributed by atoms with Crippen LogP contribution in [0.2, 0.25) is 0 Å². The quantitative estimate of drug-likeness (QED) is 0.738. The molecule has 18 heavy (non-hydrogen) atoms. The molecule has 1 heterocycles. The van der Waals surface area contributed by atoms with Gasteiger partial charge in [-0.05, 0) is 32.7 Å². The van der Waals surface area contributed by atoms with Gasteiger partial charge in [-0.1, -0.05) is 6.92 Å². The second-order valence-corrected chi connectivity index (χ2v) is 5.00. The maximum atomic E-state index is 12.3. The Labute approximate surface area is 109 Å². The molecule has 0 aromatic rings. The Balaban J connectivity index is 2.52. The molecule has 0 aliphatic carbocycles. The number of hydrogen-bond donors (Lipinski definition) is 2. The minimum absolute atomic E-state index is 0.0168. The fourth-order valence-corrected chi connectivity index (χ4v) is 2.37. The van der Waals surface area contributed by atoms with E-state index in [4.69, 9.17) is 0 Å². The van der Waals surface area contributed by atoms with Crippen LogP contribution in [0, 0.1) is 11.8 Å². The molecule has 1 fully saturated rings. The highest BCUT2D eigenvalue weighted by atomic mass is 16.2. The molecule has 1 rings (SSSR count). The number of rotatable bonds is 5. The van der Waals surface area contributed by atoms with E-state index >= 15 is 0 Å². The highest BCUT2D eigenvalue weighted by molar-refractivity contribution is 5.86. The molecule has 2 N–H and O–H groups in total. The van der Waals surface area contributed by atoms with E-state index < -0.39 is 0 Å². The van der Waals surface area contributed by atoms with Gasteiger partial charge in [0.25, 0.3) is 0 Å². The number of hydrogen-bond acceptors (Lipinski definition) is 3. The number of nitrogens with zero attached hydrogens (tertiary/aromatic N) is 1. The van der Waals surface area contributed by atoms with Gasteiger partial charge in [-0.25, -0.2) is 0 Å². The molecule has 2 atom stereocenters. The van der Waals surface area contributed by atoms with Gasteiger partial charge in [-0.15, -0.1) is 0 Å². The molecule has 1 aliphatic rings. The zero-order chi connectivity index (χ0) is 13.5. The Morgan fingerprint density at radius 3 is 2.61 bits per heavy atom. The molecule has 2 unspecified atom stereocenters. The molecule has 5 heteroatoms. The van der Waals surface area contributed by atoms with E-state index in [0.29, 0.717) is 19.0 Å². The first-order valence-corrected chi connectivity index (χ1v) is 6.84. The largest absolute Gasteiger partial charge is 0.355 e. The van der Waals surface area contributed by atoms with Crippen LogP contribution in [0.1, 0.15) is 27.2 Å². The second kappa shape index (κ2) is 7.36. The average Bonchev–Trinajstić information content (AvgIpc) is 2.35. The van der Waals surface area contributed by atoms with Crippen molar-refractivity contribution in [2.24, 2.45) is 11.8 Å². The van der Waals surface area contributed by atoms with Crippen molar-refractivity contribution in [3.63, 3.8) is 0 Å². The fourth-order valence-electron chi connectivity index (χ4n) is 2.37. The zero-order valence-electron chi connectivity index (χ0n) is 11.7. The average molecular weight is 255 g/mol. The van der Waals surface area contributed by atoms with Gasteiger partial charge in [0, 0.05) is 19.6 Å². The van der Waals surface area contributed by atoms with E-state index in [1.165, 1.54) is 0 Å². The van der Waals surface area contributed by atoms with E-state index in [-0.39, 0.29) is 24.3 Å². The summed E-state index contributed by atoms with van der Waals surface area (Å²) in [5, 5.41) is 6.00. The Bertz CT molecular complexity index is 294. The van der Waals surface area contributed by atoms with Gasteiger partial charge >= 0.3 is 0 Å². The lowest BCUT2D eigenvalue weighted by Gasteiger charge is -2.31. The minimum Gasteiger partial charge on any atom is -0.355 e. The first-order chi connectivity index (χ1) is 8.58. The molecule has 5 nitrogen and oxygen atoms in total.